The van der Waals surface area contributed by atoms with Gasteiger partial charge in [-0.1, -0.05) is 6.07 Å². The predicted octanol–water partition coefficient (Wildman–Crippen LogP) is 2.05. The Morgan fingerprint density at radius 2 is 2.11 bits per heavy atom. The van der Waals surface area contributed by atoms with Gasteiger partial charge in [0.15, 0.2) is 17.5 Å². The molecule has 1 N–H and O–H groups in total. The van der Waals surface area contributed by atoms with Crippen molar-refractivity contribution in [3.8, 4) is 11.5 Å². The highest BCUT2D eigenvalue weighted by Crippen LogP contribution is 2.28. The Labute approximate surface area is 161 Å². The van der Waals surface area contributed by atoms with E-state index < -0.39 is 0 Å². The van der Waals surface area contributed by atoms with Gasteiger partial charge in [0.2, 0.25) is 0 Å². The van der Waals surface area contributed by atoms with E-state index in [1.807, 2.05) is 32.2 Å². The summed E-state index contributed by atoms with van der Waals surface area (Å²) in [5, 5.41) is 3.45. The molecule has 2 aliphatic rings. The van der Waals surface area contributed by atoms with E-state index in [4.69, 9.17) is 18.9 Å². The first kappa shape index (κ1) is 19.8. The zero-order valence-corrected chi connectivity index (χ0v) is 16.6. The van der Waals surface area contributed by atoms with Crippen LogP contribution in [-0.2, 0) is 16.0 Å². The first-order valence-corrected chi connectivity index (χ1v) is 9.73. The van der Waals surface area contributed by atoms with Crippen molar-refractivity contribution < 1.29 is 18.9 Å². The monoisotopic (exact) mass is 377 g/mol. The molecule has 2 unspecified atom stereocenters. The number of rotatable bonds is 6. The second-order valence-corrected chi connectivity index (χ2v) is 6.73. The molecule has 1 aromatic rings. The van der Waals surface area contributed by atoms with E-state index in [-0.39, 0.29) is 12.2 Å². The summed E-state index contributed by atoms with van der Waals surface area (Å²) >= 11 is 0. The highest BCUT2D eigenvalue weighted by molar-refractivity contribution is 5.80. The van der Waals surface area contributed by atoms with Crippen molar-refractivity contribution in [1.29, 1.82) is 0 Å². The van der Waals surface area contributed by atoms with Gasteiger partial charge >= 0.3 is 0 Å². The molecule has 2 saturated heterocycles. The fraction of sp³-hybridized carbons (Fsp3) is 0.650. The highest BCUT2D eigenvalue weighted by Gasteiger charge is 2.32. The molecule has 2 heterocycles. The molecular weight excluding hydrogens is 346 g/mol. The van der Waals surface area contributed by atoms with Gasteiger partial charge in [-0.25, -0.2) is 0 Å². The molecule has 1 aromatic carbocycles. The van der Waals surface area contributed by atoms with Crippen LogP contribution >= 0.6 is 0 Å². The summed E-state index contributed by atoms with van der Waals surface area (Å²) in [4.78, 5) is 6.71. The molecular formula is C20H31N3O4. The van der Waals surface area contributed by atoms with E-state index in [1.165, 1.54) is 0 Å². The number of ether oxygens (including phenoxy) is 4. The summed E-state index contributed by atoms with van der Waals surface area (Å²) in [6, 6.07) is 5.99. The number of morpholine rings is 1. The van der Waals surface area contributed by atoms with Crippen LogP contribution in [0.5, 0.6) is 11.5 Å². The van der Waals surface area contributed by atoms with Gasteiger partial charge in [0.25, 0.3) is 0 Å². The zero-order chi connectivity index (χ0) is 19.1. The molecule has 0 saturated carbocycles. The van der Waals surface area contributed by atoms with E-state index in [0.717, 1.165) is 55.6 Å². The third kappa shape index (κ3) is 5.05. The van der Waals surface area contributed by atoms with Gasteiger partial charge in [0.05, 0.1) is 26.4 Å². The fourth-order valence-electron chi connectivity index (χ4n) is 3.60. The molecule has 0 aromatic heterocycles. The van der Waals surface area contributed by atoms with Gasteiger partial charge in [-0.2, -0.15) is 0 Å². The Morgan fingerprint density at radius 3 is 2.81 bits per heavy atom. The lowest BCUT2D eigenvalue weighted by Gasteiger charge is -2.37. The van der Waals surface area contributed by atoms with Crippen molar-refractivity contribution in [1.82, 2.24) is 10.2 Å². The number of hydrogen-bond donors (Lipinski definition) is 1. The van der Waals surface area contributed by atoms with Crippen molar-refractivity contribution in [2.75, 3.05) is 47.1 Å². The normalized spacial score (nSPS) is 23.4. The molecule has 0 bridgehead atoms. The summed E-state index contributed by atoms with van der Waals surface area (Å²) in [6.07, 6.45) is 2.53. The van der Waals surface area contributed by atoms with E-state index >= 15 is 0 Å². The van der Waals surface area contributed by atoms with Gasteiger partial charge in [-0.15, -0.1) is 0 Å². The largest absolute Gasteiger partial charge is 0.493 e. The molecule has 0 aliphatic carbocycles. The standard InChI is InChI=1S/C20H31N3O4/c1-4-25-17-8-7-15(12-18(17)24-3)13-22-20(21-2)23-9-11-27-19(14-23)16-6-5-10-26-16/h7-8,12,16,19H,4-6,9-11,13-14H2,1-3H3,(H,21,22). The van der Waals surface area contributed by atoms with Gasteiger partial charge in [-0.3, -0.25) is 4.99 Å². The number of guanidine groups is 1. The summed E-state index contributed by atoms with van der Waals surface area (Å²) < 4.78 is 22.8. The summed E-state index contributed by atoms with van der Waals surface area (Å²) in [6.45, 7) is 6.41. The summed E-state index contributed by atoms with van der Waals surface area (Å²) in [5.41, 5.74) is 1.11. The van der Waals surface area contributed by atoms with Crippen LogP contribution in [0.15, 0.2) is 23.2 Å². The molecule has 0 amide bonds. The molecule has 2 aliphatic heterocycles. The molecule has 7 heteroatoms. The lowest BCUT2D eigenvalue weighted by molar-refractivity contribution is -0.0817. The van der Waals surface area contributed by atoms with Gasteiger partial charge in [-0.05, 0) is 37.5 Å². The second-order valence-electron chi connectivity index (χ2n) is 6.73. The molecule has 7 nitrogen and oxygen atoms in total. The predicted molar refractivity (Wildman–Crippen MR) is 105 cm³/mol. The molecule has 27 heavy (non-hydrogen) atoms. The first-order chi connectivity index (χ1) is 13.2. The van der Waals surface area contributed by atoms with Crippen molar-refractivity contribution in [3.63, 3.8) is 0 Å². The minimum atomic E-state index is 0.116. The number of nitrogens with zero attached hydrogens (tertiary/aromatic N) is 2. The number of nitrogens with one attached hydrogen (secondary N) is 1. The number of aliphatic imine (C=N–C) groups is 1. The van der Waals surface area contributed by atoms with E-state index in [0.29, 0.717) is 19.8 Å². The topological polar surface area (TPSA) is 64.6 Å². The second kappa shape index (κ2) is 9.80. The van der Waals surface area contributed by atoms with Crippen LogP contribution in [0.4, 0.5) is 0 Å². The average Bonchev–Trinajstić information content (AvgIpc) is 3.25. The Hall–Kier alpha value is -1.99. The van der Waals surface area contributed by atoms with Crippen LogP contribution in [0.1, 0.15) is 25.3 Å². The molecule has 0 radical (unpaired) electrons. The lowest BCUT2D eigenvalue weighted by atomic mass is 10.1. The van der Waals surface area contributed by atoms with Crippen molar-refractivity contribution in [3.05, 3.63) is 23.8 Å². The Kier molecular flexibility index (Phi) is 7.18. The third-order valence-corrected chi connectivity index (χ3v) is 4.96. The van der Waals surface area contributed by atoms with Crippen molar-refractivity contribution in [2.45, 2.75) is 38.5 Å². The van der Waals surface area contributed by atoms with Crippen LogP contribution in [0.3, 0.4) is 0 Å². The Morgan fingerprint density at radius 1 is 1.26 bits per heavy atom. The van der Waals surface area contributed by atoms with Crippen molar-refractivity contribution >= 4 is 5.96 Å². The van der Waals surface area contributed by atoms with Gasteiger partial charge < -0.3 is 29.2 Å². The van der Waals surface area contributed by atoms with Crippen LogP contribution < -0.4 is 14.8 Å². The fourth-order valence-corrected chi connectivity index (χ4v) is 3.60. The number of methoxy groups -OCH3 is 1. The van der Waals surface area contributed by atoms with Gasteiger partial charge in [0, 0.05) is 33.3 Å². The molecule has 0 spiro atoms. The lowest BCUT2D eigenvalue weighted by Crippen LogP contribution is -2.53. The average molecular weight is 377 g/mol. The number of benzene rings is 1. The SMILES string of the molecule is CCOc1ccc(CNC(=NC)N2CCOC(C3CCCO3)C2)cc1OC. The molecule has 2 atom stereocenters. The van der Waals surface area contributed by atoms with Crippen LogP contribution in [0, 0.1) is 0 Å². The smallest absolute Gasteiger partial charge is 0.194 e. The van der Waals surface area contributed by atoms with Crippen LogP contribution in [-0.4, -0.2) is 70.1 Å². The summed E-state index contributed by atoms with van der Waals surface area (Å²) in [7, 11) is 3.48. The maximum atomic E-state index is 5.94. The van der Waals surface area contributed by atoms with E-state index in [2.05, 4.69) is 15.2 Å². The molecule has 3 rings (SSSR count). The van der Waals surface area contributed by atoms with Crippen molar-refractivity contribution in [2.24, 2.45) is 4.99 Å². The van der Waals surface area contributed by atoms with Crippen LogP contribution in [0.25, 0.3) is 0 Å². The minimum absolute atomic E-state index is 0.116. The zero-order valence-electron chi connectivity index (χ0n) is 16.6. The first-order valence-electron chi connectivity index (χ1n) is 9.73. The minimum Gasteiger partial charge on any atom is -0.493 e. The van der Waals surface area contributed by atoms with Crippen LogP contribution in [0.2, 0.25) is 0 Å². The molecule has 2 fully saturated rings. The van der Waals surface area contributed by atoms with Gasteiger partial charge in [0.1, 0.15) is 6.10 Å². The highest BCUT2D eigenvalue weighted by atomic mass is 16.5. The van der Waals surface area contributed by atoms with E-state index in [1.54, 1.807) is 7.11 Å². The Balaban J connectivity index is 1.58. The Bertz CT molecular complexity index is 632. The maximum absolute atomic E-state index is 5.94. The molecule has 150 valence electrons. The summed E-state index contributed by atoms with van der Waals surface area (Å²) in [5.74, 6) is 2.39. The quantitative estimate of drug-likeness (QED) is 0.605. The third-order valence-electron chi connectivity index (χ3n) is 4.96. The maximum Gasteiger partial charge on any atom is 0.194 e. The van der Waals surface area contributed by atoms with E-state index in [9.17, 15) is 0 Å². The number of hydrogen-bond acceptors (Lipinski definition) is 5.